The number of nitrogens with one attached hydrogen (secondary N) is 1. The first kappa shape index (κ1) is 15.7. The smallest absolute Gasteiger partial charge is 0.273 e. The average molecular weight is 293 g/mol. The lowest BCUT2D eigenvalue weighted by molar-refractivity contribution is -0.385. The highest BCUT2D eigenvalue weighted by atomic mass is 16.6. The summed E-state index contributed by atoms with van der Waals surface area (Å²) in [6.45, 7) is 3.89. The van der Waals surface area contributed by atoms with Crippen LogP contribution >= 0.6 is 0 Å². The summed E-state index contributed by atoms with van der Waals surface area (Å²) in [5.74, 6) is 1.22. The third-order valence-corrected chi connectivity index (χ3v) is 4.00. The molecule has 0 bridgehead atoms. The van der Waals surface area contributed by atoms with Crippen molar-refractivity contribution in [3.63, 3.8) is 0 Å². The summed E-state index contributed by atoms with van der Waals surface area (Å²) >= 11 is 0. The minimum absolute atomic E-state index is 0.0745. The monoisotopic (exact) mass is 293 g/mol. The molecule has 0 aromatic heterocycles. The van der Waals surface area contributed by atoms with Crippen LogP contribution in [0.1, 0.15) is 18.4 Å². The van der Waals surface area contributed by atoms with Crippen molar-refractivity contribution in [3.05, 3.63) is 33.9 Å². The molecule has 0 unspecified atom stereocenters. The fourth-order valence-electron chi connectivity index (χ4n) is 2.66. The Balaban J connectivity index is 1.87. The summed E-state index contributed by atoms with van der Waals surface area (Å²) in [7, 11) is 3.67. The van der Waals surface area contributed by atoms with Gasteiger partial charge in [0.05, 0.1) is 18.1 Å². The minimum atomic E-state index is -0.386. The highest BCUT2D eigenvalue weighted by molar-refractivity contribution is 5.42. The van der Waals surface area contributed by atoms with Crippen LogP contribution in [0.5, 0.6) is 5.75 Å². The number of nitro benzene ring substituents is 1. The first-order valence-corrected chi connectivity index (χ1v) is 7.30. The minimum Gasteiger partial charge on any atom is -0.496 e. The third kappa shape index (κ3) is 4.68. The van der Waals surface area contributed by atoms with Crippen LogP contribution in [0.25, 0.3) is 0 Å². The molecule has 1 fully saturated rings. The summed E-state index contributed by atoms with van der Waals surface area (Å²) in [4.78, 5) is 12.9. The van der Waals surface area contributed by atoms with Crippen molar-refractivity contribution in [1.29, 1.82) is 0 Å². The number of hydrogen-bond donors (Lipinski definition) is 1. The van der Waals surface area contributed by atoms with Gasteiger partial charge in [0.2, 0.25) is 0 Å². The fourth-order valence-corrected chi connectivity index (χ4v) is 2.66. The van der Waals surface area contributed by atoms with Crippen LogP contribution in [0.15, 0.2) is 18.2 Å². The normalized spacial score (nSPS) is 16.9. The van der Waals surface area contributed by atoms with Crippen LogP contribution < -0.4 is 10.1 Å². The molecule has 1 aliphatic rings. The van der Waals surface area contributed by atoms with Gasteiger partial charge >= 0.3 is 0 Å². The van der Waals surface area contributed by atoms with Gasteiger partial charge in [0.15, 0.2) is 0 Å². The molecule has 1 heterocycles. The molecule has 0 amide bonds. The van der Waals surface area contributed by atoms with Crippen LogP contribution in [0.3, 0.4) is 0 Å². The second kappa shape index (κ2) is 7.38. The van der Waals surface area contributed by atoms with Crippen molar-refractivity contribution in [2.24, 2.45) is 5.92 Å². The summed E-state index contributed by atoms with van der Waals surface area (Å²) in [6.07, 6.45) is 2.42. The van der Waals surface area contributed by atoms with Crippen molar-refractivity contribution in [3.8, 4) is 5.75 Å². The number of benzene rings is 1. The van der Waals surface area contributed by atoms with E-state index < -0.39 is 0 Å². The number of ether oxygens (including phenoxy) is 1. The van der Waals surface area contributed by atoms with Crippen LogP contribution in [0.2, 0.25) is 0 Å². The Kier molecular flexibility index (Phi) is 5.52. The second-order valence-corrected chi connectivity index (χ2v) is 5.67. The molecule has 6 nitrogen and oxygen atoms in total. The van der Waals surface area contributed by atoms with Gasteiger partial charge in [0.1, 0.15) is 5.75 Å². The van der Waals surface area contributed by atoms with Gasteiger partial charge in [-0.1, -0.05) is 0 Å². The standard InChI is InChI=1S/C15H23N3O3/c1-17-5-3-12(4-6-17)10-16-11-13-7-14(18(19)20)9-15(8-13)21-2/h7-9,12,16H,3-6,10-11H2,1-2H3. The van der Waals surface area contributed by atoms with Gasteiger partial charge in [-0.3, -0.25) is 10.1 Å². The average Bonchev–Trinajstić information content (AvgIpc) is 2.49. The lowest BCUT2D eigenvalue weighted by Crippen LogP contribution is -2.34. The number of piperidine rings is 1. The zero-order valence-corrected chi connectivity index (χ0v) is 12.7. The van der Waals surface area contributed by atoms with Crippen LogP contribution in [0, 0.1) is 16.0 Å². The number of non-ortho nitro benzene ring substituents is 1. The SMILES string of the molecule is COc1cc(CNCC2CCN(C)CC2)cc([N+](=O)[O-])c1. The zero-order chi connectivity index (χ0) is 15.2. The summed E-state index contributed by atoms with van der Waals surface area (Å²) in [6, 6.07) is 4.89. The summed E-state index contributed by atoms with van der Waals surface area (Å²) in [5, 5.41) is 14.3. The van der Waals surface area contributed by atoms with E-state index in [2.05, 4.69) is 17.3 Å². The maximum Gasteiger partial charge on any atom is 0.273 e. The molecule has 0 radical (unpaired) electrons. The highest BCUT2D eigenvalue weighted by Crippen LogP contribution is 2.22. The molecule has 21 heavy (non-hydrogen) atoms. The Morgan fingerprint density at radius 1 is 1.38 bits per heavy atom. The van der Waals surface area contributed by atoms with Crippen molar-refractivity contribution in [2.45, 2.75) is 19.4 Å². The van der Waals surface area contributed by atoms with E-state index in [4.69, 9.17) is 4.74 Å². The van der Waals surface area contributed by atoms with Gasteiger partial charge in [-0.2, -0.15) is 0 Å². The lowest BCUT2D eigenvalue weighted by Gasteiger charge is -2.29. The van der Waals surface area contributed by atoms with E-state index in [0.717, 1.165) is 25.2 Å². The van der Waals surface area contributed by atoms with E-state index in [-0.39, 0.29) is 10.6 Å². The lowest BCUT2D eigenvalue weighted by atomic mass is 9.97. The molecule has 116 valence electrons. The van der Waals surface area contributed by atoms with E-state index in [1.165, 1.54) is 26.0 Å². The third-order valence-electron chi connectivity index (χ3n) is 4.00. The molecular formula is C15H23N3O3. The molecule has 1 aliphatic heterocycles. The zero-order valence-electron chi connectivity index (χ0n) is 12.7. The second-order valence-electron chi connectivity index (χ2n) is 5.67. The number of methoxy groups -OCH3 is 1. The van der Waals surface area contributed by atoms with E-state index >= 15 is 0 Å². The molecule has 0 saturated carbocycles. The number of likely N-dealkylation sites (tertiary alicyclic amines) is 1. The summed E-state index contributed by atoms with van der Waals surface area (Å²) in [5.41, 5.74) is 0.958. The molecular weight excluding hydrogens is 270 g/mol. The Bertz CT molecular complexity index is 485. The van der Waals surface area contributed by atoms with Crippen LogP contribution in [-0.2, 0) is 6.54 Å². The number of nitro groups is 1. The van der Waals surface area contributed by atoms with E-state index in [0.29, 0.717) is 18.2 Å². The summed E-state index contributed by atoms with van der Waals surface area (Å²) < 4.78 is 5.12. The Morgan fingerprint density at radius 2 is 2.10 bits per heavy atom. The molecule has 6 heteroatoms. The number of hydrogen-bond acceptors (Lipinski definition) is 5. The van der Waals surface area contributed by atoms with Gasteiger partial charge in [-0.05, 0) is 57.1 Å². The van der Waals surface area contributed by atoms with Crippen molar-refractivity contribution in [2.75, 3.05) is 33.8 Å². The maximum absolute atomic E-state index is 10.9. The molecule has 1 aromatic rings. The molecule has 1 aromatic carbocycles. The van der Waals surface area contributed by atoms with E-state index in [1.807, 2.05) is 6.07 Å². The highest BCUT2D eigenvalue weighted by Gasteiger charge is 2.16. The quantitative estimate of drug-likeness (QED) is 0.642. The number of rotatable bonds is 6. The Hall–Kier alpha value is -1.66. The number of nitrogens with zero attached hydrogens (tertiary/aromatic N) is 2. The largest absolute Gasteiger partial charge is 0.496 e. The molecule has 0 aliphatic carbocycles. The van der Waals surface area contributed by atoms with Gasteiger partial charge in [0.25, 0.3) is 5.69 Å². The van der Waals surface area contributed by atoms with Crippen LogP contribution in [0.4, 0.5) is 5.69 Å². The van der Waals surface area contributed by atoms with Crippen molar-refractivity contribution >= 4 is 5.69 Å². The fraction of sp³-hybridized carbons (Fsp3) is 0.600. The molecule has 0 spiro atoms. The van der Waals surface area contributed by atoms with Crippen LogP contribution in [-0.4, -0.2) is 43.6 Å². The van der Waals surface area contributed by atoms with E-state index in [1.54, 1.807) is 6.07 Å². The molecule has 1 saturated heterocycles. The first-order chi connectivity index (χ1) is 10.1. The topological polar surface area (TPSA) is 67.6 Å². The first-order valence-electron chi connectivity index (χ1n) is 7.30. The van der Waals surface area contributed by atoms with E-state index in [9.17, 15) is 10.1 Å². The van der Waals surface area contributed by atoms with Crippen molar-refractivity contribution < 1.29 is 9.66 Å². The Labute approximate surface area is 125 Å². The van der Waals surface area contributed by atoms with Crippen molar-refractivity contribution in [1.82, 2.24) is 10.2 Å². The van der Waals surface area contributed by atoms with Gasteiger partial charge in [-0.15, -0.1) is 0 Å². The van der Waals surface area contributed by atoms with Gasteiger partial charge in [0, 0.05) is 12.6 Å². The molecule has 2 rings (SSSR count). The van der Waals surface area contributed by atoms with Gasteiger partial charge in [-0.25, -0.2) is 0 Å². The molecule has 1 N–H and O–H groups in total. The van der Waals surface area contributed by atoms with Gasteiger partial charge < -0.3 is 15.0 Å². The maximum atomic E-state index is 10.9. The predicted molar refractivity (Wildman–Crippen MR) is 81.6 cm³/mol. The Morgan fingerprint density at radius 3 is 2.71 bits per heavy atom. The predicted octanol–water partition coefficient (Wildman–Crippen LogP) is 2.03. The molecule has 0 atom stereocenters.